The molecule has 0 unspecified atom stereocenters. The van der Waals surface area contributed by atoms with Crippen LogP contribution in [0.4, 0.5) is 0 Å². The summed E-state index contributed by atoms with van der Waals surface area (Å²) in [4.78, 5) is 7.78. The molecule has 4 rings (SSSR count). The molecule has 0 atom stereocenters. The highest BCUT2D eigenvalue weighted by Gasteiger charge is 2.08. The lowest BCUT2D eigenvalue weighted by Gasteiger charge is -1.97. The number of aromatic nitrogens is 2. The van der Waals surface area contributed by atoms with Gasteiger partial charge in [0.2, 0.25) is 0 Å². The first-order valence-corrected chi connectivity index (χ1v) is 8.53. The van der Waals surface area contributed by atoms with Crippen molar-refractivity contribution in [2.24, 2.45) is 0 Å². The van der Waals surface area contributed by atoms with Crippen LogP contribution in [0.2, 0.25) is 0 Å². The Labute approximate surface area is 161 Å². The zero-order chi connectivity index (χ0) is 17.1. The standard InChI is InChI=1S/C20H13N3OS.ClH/c21-13-15(14-6-2-1-3-7-14)12-16-10-11-19(24-16)25-20-22-17-8-4-5-9-18(17)23-20;/h1-12H,(H,22,23);1H. The molecule has 2 heterocycles. The normalized spacial score (nSPS) is 11.1. The third-order valence-corrected chi connectivity index (χ3v) is 4.47. The zero-order valence-corrected chi connectivity index (χ0v) is 15.2. The summed E-state index contributed by atoms with van der Waals surface area (Å²) < 4.78 is 5.81. The van der Waals surface area contributed by atoms with Crippen molar-refractivity contribution in [1.29, 1.82) is 5.26 Å². The number of hydrogen-bond acceptors (Lipinski definition) is 4. The molecule has 2 aromatic heterocycles. The third-order valence-electron chi connectivity index (χ3n) is 3.66. The van der Waals surface area contributed by atoms with Crippen molar-refractivity contribution >= 4 is 46.9 Å². The monoisotopic (exact) mass is 379 g/mol. The molecule has 4 aromatic rings. The van der Waals surface area contributed by atoms with Gasteiger partial charge < -0.3 is 9.40 Å². The summed E-state index contributed by atoms with van der Waals surface area (Å²) >= 11 is 1.42. The summed E-state index contributed by atoms with van der Waals surface area (Å²) in [5.74, 6) is 0.638. The van der Waals surface area contributed by atoms with Crippen LogP contribution in [-0.4, -0.2) is 9.97 Å². The van der Waals surface area contributed by atoms with E-state index in [4.69, 9.17) is 4.42 Å². The fraction of sp³-hybridized carbons (Fsp3) is 0. The number of imidazole rings is 1. The van der Waals surface area contributed by atoms with Gasteiger partial charge in [-0.25, -0.2) is 4.98 Å². The van der Waals surface area contributed by atoms with Crippen LogP contribution in [0.15, 0.2) is 81.4 Å². The third kappa shape index (κ3) is 3.83. The van der Waals surface area contributed by atoms with Gasteiger partial charge >= 0.3 is 0 Å². The van der Waals surface area contributed by atoms with Gasteiger partial charge in [-0.15, -0.1) is 12.4 Å². The smallest absolute Gasteiger partial charge is 0.174 e. The Hall–Kier alpha value is -2.94. The molecule has 4 nitrogen and oxygen atoms in total. The Morgan fingerprint density at radius 2 is 1.81 bits per heavy atom. The number of aromatic amines is 1. The number of allylic oxidation sites excluding steroid dienone is 1. The summed E-state index contributed by atoms with van der Waals surface area (Å²) in [7, 11) is 0. The van der Waals surface area contributed by atoms with Crippen molar-refractivity contribution in [2.45, 2.75) is 10.2 Å². The molecule has 2 aromatic carbocycles. The molecule has 0 spiro atoms. The maximum absolute atomic E-state index is 9.38. The Bertz CT molecular complexity index is 1060. The number of hydrogen-bond donors (Lipinski definition) is 1. The van der Waals surface area contributed by atoms with Crippen LogP contribution < -0.4 is 0 Å². The minimum Gasteiger partial charge on any atom is -0.450 e. The summed E-state index contributed by atoms with van der Waals surface area (Å²) in [6.45, 7) is 0. The summed E-state index contributed by atoms with van der Waals surface area (Å²) in [5, 5.41) is 10.9. The van der Waals surface area contributed by atoms with Gasteiger partial charge in [-0.2, -0.15) is 5.26 Å². The van der Waals surface area contributed by atoms with Gasteiger partial charge in [-0.1, -0.05) is 42.5 Å². The molecule has 0 radical (unpaired) electrons. The van der Waals surface area contributed by atoms with E-state index < -0.39 is 0 Å². The fourth-order valence-corrected chi connectivity index (χ4v) is 3.25. The van der Waals surface area contributed by atoms with Gasteiger partial charge in [-0.05, 0) is 47.7 Å². The minimum absolute atomic E-state index is 0. The highest BCUT2D eigenvalue weighted by Crippen LogP contribution is 2.30. The van der Waals surface area contributed by atoms with Crippen LogP contribution in [0.1, 0.15) is 11.3 Å². The average molecular weight is 380 g/mol. The molecule has 0 aliphatic carbocycles. The Kier molecular flexibility index (Phi) is 5.47. The number of nitrogens with zero attached hydrogens (tertiary/aromatic N) is 2. The largest absolute Gasteiger partial charge is 0.450 e. The molecular weight excluding hydrogens is 366 g/mol. The van der Waals surface area contributed by atoms with E-state index in [1.165, 1.54) is 11.8 Å². The SMILES string of the molecule is Cl.N#CC(=Cc1ccc(Sc2nc3ccccc3[nH]2)o1)c1ccccc1. The van der Waals surface area contributed by atoms with Gasteiger partial charge in [-0.3, -0.25) is 0 Å². The van der Waals surface area contributed by atoms with E-state index in [1.54, 1.807) is 6.08 Å². The first-order valence-electron chi connectivity index (χ1n) is 7.71. The topological polar surface area (TPSA) is 65.6 Å². The van der Waals surface area contributed by atoms with Crippen LogP contribution in [-0.2, 0) is 0 Å². The van der Waals surface area contributed by atoms with E-state index in [0.717, 1.165) is 26.8 Å². The van der Waals surface area contributed by atoms with Crippen molar-refractivity contribution in [2.75, 3.05) is 0 Å². The van der Waals surface area contributed by atoms with Gasteiger partial charge in [0.25, 0.3) is 0 Å². The lowest BCUT2D eigenvalue weighted by molar-refractivity contribution is 0.466. The Morgan fingerprint density at radius 1 is 1.04 bits per heavy atom. The highest BCUT2D eigenvalue weighted by atomic mass is 35.5. The van der Waals surface area contributed by atoms with E-state index >= 15 is 0 Å². The molecular formula is C20H14ClN3OS. The van der Waals surface area contributed by atoms with Crippen molar-refractivity contribution in [3.63, 3.8) is 0 Å². The number of nitriles is 1. The molecule has 128 valence electrons. The Morgan fingerprint density at radius 3 is 2.58 bits per heavy atom. The van der Waals surface area contributed by atoms with Crippen LogP contribution in [0, 0.1) is 11.3 Å². The van der Waals surface area contributed by atoms with E-state index in [0.29, 0.717) is 11.3 Å². The second-order valence-corrected chi connectivity index (χ2v) is 6.35. The number of halogens is 1. The lowest BCUT2D eigenvalue weighted by atomic mass is 10.1. The maximum atomic E-state index is 9.38. The van der Waals surface area contributed by atoms with E-state index in [2.05, 4.69) is 16.0 Å². The molecule has 0 bridgehead atoms. The van der Waals surface area contributed by atoms with Crippen LogP contribution >= 0.6 is 24.2 Å². The molecule has 0 saturated heterocycles. The fourth-order valence-electron chi connectivity index (χ4n) is 2.48. The van der Waals surface area contributed by atoms with Crippen LogP contribution in [0.25, 0.3) is 22.7 Å². The van der Waals surface area contributed by atoms with Gasteiger partial charge in [0, 0.05) is 0 Å². The van der Waals surface area contributed by atoms with Crippen LogP contribution in [0.5, 0.6) is 0 Å². The summed E-state index contributed by atoms with van der Waals surface area (Å²) in [5.41, 5.74) is 3.35. The number of H-pyrrole nitrogens is 1. The molecule has 6 heteroatoms. The lowest BCUT2D eigenvalue weighted by Crippen LogP contribution is -1.79. The number of nitrogens with one attached hydrogen (secondary N) is 1. The number of fused-ring (bicyclic) bond motifs is 1. The second-order valence-electron chi connectivity index (χ2n) is 5.35. The van der Waals surface area contributed by atoms with Crippen molar-refractivity contribution < 1.29 is 4.42 Å². The van der Waals surface area contributed by atoms with Gasteiger partial charge in [0.05, 0.1) is 22.7 Å². The predicted octanol–water partition coefficient (Wildman–Crippen LogP) is 5.79. The van der Waals surface area contributed by atoms with Crippen molar-refractivity contribution in [1.82, 2.24) is 9.97 Å². The quantitative estimate of drug-likeness (QED) is 0.455. The maximum Gasteiger partial charge on any atom is 0.174 e. The minimum atomic E-state index is 0. The molecule has 0 saturated carbocycles. The predicted molar refractivity (Wildman–Crippen MR) is 106 cm³/mol. The van der Waals surface area contributed by atoms with E-state index in [1.807, 2.05) is 66.7 Å². The van der Waals surface area contributed by atoms with Crippen molar-refractivity contribution in [3.05, 3.63) is 78.1 Å². The average Bonchev–Trinajstić information content (AvgIpc) is 3.26. The molecule has 26 heavy (non-hydrogen) atoms. The highest BCUT2D eigenvalue weighted by molar-refractivity contribution is 7.99. The van der Waals surface area contributed by atoms with Crippen LogP contribution in [0.3, 0.4) is 0 Å². The van der Waals surface area contributed by atoms with Gasteiger partial charge in [0.1, 0.15) is 5.76 Å². The number of furan rings is 1. The zero-order valence-electron chi connectivity index (χ0n) is 13.5. The van der Waals surface area contributed by atoms with Crippen molar-refractivity contribution in [3.8, 4) is 6.07 Å². The molecule has 0 aliphatic rings. The molecule has 0 amide bonds. The molecule has 0 fully saturated rings. The Balaban J connectivity index is 0.00000196. The number of benzene rings is 2. The van der Waals surface area contributed by atoms with E-state index in [9.17, 15) is 5.26 Å². The van der Waals surface area contributed by atoms with E-state index in [-0.39, 0.29) is 12.4 Å². The number of rotatable bonds is 4. The summed E-state index contributed by atoms with van der Waals surface area (Å²) in [6.07, 6.45) is 1.75. The molecule has 1 N–H and O–H groups in total. The first-order chi connectivity index (χ1) is 12.3. The summed E-state index contributed by atoms with van der Waals surface area (Å²) in [6, 6.07) is 23.4. The first kappa shape index (κ1) is 17.9. The second kappa shape index (κ2) is 7.96. The number of para-hydroxylation sites is 2. The molecule has 0 aliphatic heterocycles. The van der Waals surface area contributed by atoms with Gasteiger partial charge in [0.15, 0.2) is 10.2 Å².